The second-order valence-electron chi connectivity index (χ2n) is 6.99. The van der Waals surface area contributed by atoms with Gasteiger partial charge in [0.1, 0.15) is 0 Å². The number of fused-ring (bicyclic) bond motifs is 1. The van der Waals surface area contributed by atoms with E-state index in [1.165, 1.54) is 28.3 Å². The topological polar surface area (TPSA) is 79.4 Å². The number of carbonyl (C=O) groups is 1. The van der Waals surface area contributed by atoms with Crippen molar-refractivity contribution >= 4 is 32.2 Å². The van der Waals surface area contributed by atoms with E-state index in [4.69, 9.17) is 0 Å². The average molecular weight is 408 g/mol. The Morgan fingerprint density at radius 1 is 1.30 bits per heavy atom. The van der Waals surface area contributed by atoms with E-state index < -0.39 is 15.1 Å². The molecule has 1 aliphatic heterocycles. The van der Waals surface area contributed by atoms with Gasteiger partial charge in [-0.25, -0.2) is 13.4 Å². The lowest BCUT2D eigenvalue weighted by molar-refractivity contribution is 0.102. The molecule has 146 valence electrons. The van der Waals surface area contributed by atoms with E-state index in [-0.39, 0.29) is 10.8 Å². The molecule has 0 radical (unpaired) electrons. The Labute approximate surface area is 164 Å². The SMILES string of the molecule is CCCN1CCc2nc(NC(=O)c3ccc(S(=O)(=O)C(C)C)cc3)sc2C1. The van der Waals surface area contributed by atoms with Gasteiger partial charge in [-0.15, -0.1) is 11.3 Å². The average Bonchev–Trinajstić information content (AvgIpc) is 3.03. The van der Waals surface area contributed by atoms with E-state index in [2.05, 4.69) is 22.1 Å². The first-order valence-electron chi connectivity index (χ1n) is 9.17. The van der Waals surface area contributed by atoms with Crippen LogP contribution in [0.2, 0.25) is 0 Å². The largest absolute Gasteiger partial charge is 0.298 e. The summed E-state index contributed by atoms with van der Waals surface area (Å²) < 4.78 is 24.4. The first-order chi connectivity index (χ1) is 12.8. The van der Waals surface area contributed by atoms with Crippen molar-refractivity contribution < 1.29 is 13.2 Å². The molecule has 2 heterocycles. The Morgan fingerprint density at radius 3 is 2.63 bits per heavy atom. The minimum absolute atomic E-state index is 0.231. The number of thiazole rings is 1. The summed E-state index contributed by atoms with van der Waals surface area (Å²) >= 11 is 1.52. The van der Waals surface area contributed by atoms with Crippen molar-refractivity contribution in [2.75, 3.05) is 18.4 Å². The van der Waals surface area contributed by atoms with E-state index in [1.807, 2.05) is 0 Å². The second kappa shape index (κ2) is 8.08. The molecule has 0 atom stereocenters. The molecule has 0 saturated carbocycles. The molecule has 8 heteroatoms. The molecule has 0 unspecified atom stereocenters. The number of anilines is 1. The van der Waals surface area contributed by atoms with Crippen molar-refractivity contribution in [1.29, 1.82) is 0 Å². The number of rotatable bonds is 6. The Balaban J connectivity index is 1.70. The van der Waals surface area contributed by atoms with E-state index in [9.17, 15) is 13.2 Å². The van der Waals surface area contributed by atoms with Crippen LogP contribution >= 0.6 is 11.3 Å². The summed E-state index contributed by atoms with van der Waals surface area (Å²) in [6.45, 7) is 8.42. The molecule has 0 spiro atoms. The summed E-state index contributed by atoms with van der Waals surface area (Å²) in [7, 11) is -3.34. The molecule has 1 amide bonds. The number of nitrogens with zero attached hydrogens (tertiary/aromatic N) is 2. The highest BCUT2D eigenvalue weighted by molar-refractivity contribution is 7.92. The molecule has 1 aromatic carbocycles. The van der Waals surface area contributed by atoms with Crippen LogP contribution in [0.25, 0.3) is 0 Å². The summed E-state index contributed by atoms with van der Waals surface area (Å²) in [4.78, 5) is 20.9. The van der Waals surface area contributed by atoms with Crippen LogP contribution in [-0.2, 0) is 22.8 Å². The smallest absolute Gasteiger partial charge is 0.257 e. The van der Waals surface area contributed by atoms with E-state index in [0.29, 0.717) is 10.7 Å². The van der Waals surface area contributed by atoms with Gasteiger partial charge in [0.2, 0.25) is 0 Å². The molecular formula is C19H25N3O3S2. The molecule has 0 bridgehead atoms. The lowest BCUT2D eigenvalue weighted by Crippen LogP contribution is -2.30. The lowest BCUT2D eigenvalue weighted by atomic mass is 10.2. The number of nitrogens with one attached hydrogen (secondary N) is 1. The number of carbonyl (C=O) groups excluding carboxylic acids is 1. The molecule has 0 aliphatic carbocycles. The van der Waals surface area contributed by atoms with Crippen LogP contribution in [0, 0.1) is 0 Å². The van der Waals surface area contributed by atoms with Gasteiger partial charge in [-0.05, 0) is 51.1 Å². The predicted octanol–water partition coefficient (Wildman–Crippen LogP) is 3.35. The molecule has 6 nitrogen and oxygen atoms in total. The monoisotopic (exact) mass is 407 g/mol. The maximum Gasteiger partial charge on any atom is 0.257 e. The summed E-state index contributed by atoms with van der Waals surface area (Å²) in [6.07, 6.45) is 2.03. The molecule has 2 aromatic rings. The zero-order valence-corrected chi connectivity index (χ0v) is 17.5. The van der Waals surface area contributed by atoms with Gasteiger partial charge < -0.3 is 0 Å². The summed E-state index contributed by atoms with van der Waals surface area (Å²) in [6, 6.07) is 6.06. The molecule has 0 saturated heterocycles. The predicted molar refractivity (Wildman–Crippen MR) is 108 cm³/mol. The highest BCUT2D eigenvalue weighted by Gasteiger charge is 2.22. The number of aromatic nitrogens is 1. The van der Waals surface area contributed by atoms with Crippen LogP contribution in [-0.4, -0.2) is 42.5 Å². The Morgan fingerprint density at radius 2 is 2.00 bits per heavy atom. The van der Waals surface area contributed by atoms with Crippen molar-refractivity contribution in [2.24, 2.45) is 0 Å². The standard InChI is InChI=1S/C19H25N3O3S2/c1-4-10-22-11-9-16-17(12-22)26-19(20-16)21-18(23)14-5-7-15(8-6-14)27(24,25)13(2)3/h5-8,13H,4,9-12H2,1-3H3,(H,20,21,23). The number of benzene rings is 1. The van der Waals surface area contributed by atoms with E-state index in [1.54, 1.807) is 26.0 Å². The normalized spacial score (nSPS) is 15.0. The molecule has 1 N–H and O–H groups in total. The second-order valence-corrected chi connectivity index (χ2v) is 10.6. The van der Waals surface area contributed by atoms with Crippen LogP contribution < -0.4 is 5.32 Å². The molecule has 1 aliphatic rings. The number of sulfone groups is 1. The third kappa shape index (κ3) is 4.39. The van der Waals surface area contributed by atoms with Gasteiger partial charge in [0.15, 0.2) is 15.0 Å². The van der Waals surface area contributed by atoms with Crippen LogP contribution in [0.3, 0.4) is 0 Å². The fourth-order valence-electron chi connectivity index (χ4n) is 3.05. The Hall–Kier alpha value is -1.77. The Bertz CT molecular complexity index is 918. The Kier molecular flexibility index (Phi) is 5.98. The van der Waals surface area contributed by atoms with Gasteiger partial charge in [0, 0.05) is 30.0 Å². The summed E-state index contributed by atoms with van der Waals surface area (Å²) in [5, 5.41) is 2.95. The third-order valence-corrected chi connectivity index (χ3v) is 7.80. The van der Waals surface area contributed by atoms with Gasteiger partial charge in [0.05, 0.1) is 15.8 Å². The summed E-state index contributed by atoms with van der Waals surface area (Å²) in [5.74, 6) is -0.278. The minimum atomic E-state index is -3.34. The molecular weight excluding hydrogens is 382 g/mol. The van der Waals surface area contributed by atoms with Crippen molar-refractivity contribution in [2.45, 2.75) is 50.3 Å². The quantitative estimate of drug-likeness (QED) is 0.794. The van der Waals surface area contributed by atoms with Gasteiger partial charge in [-0.1, -0.05) is 6.92 Å². The van der Waals surface area contributed by atoms with E-state index in [0.717, 1.165) is 38.2 Å². The zero-order valence-electron chi connectivity index (χ0n) is 15.9. The first kappa shape index (κ1) is 20.0. The minimum Gasteiger partial charge on any atom is -0.298 e. The maximum absolute atomic E-state index is 12.5. The number of hydrogen-bond donors (Lipinski definition) is 1. The van der Waals surface area contributed by atoms with Crippen molar-refractivity contribution in [1.82, 2.24) is 9.88 Å². The third-order valence-electron chi connectivity index (χ3n) is 4.64. The van der Waals surface area contributed by atoms with Crippen LogP contribution in [0.15, 0.2) is 29.2 Å². The highest BCUT2D eigenvalue weighted by atomic mass is 32.2. The van der Waals surface area contributed by atoms with Gasteiger partial charge in [-0.3, -0.25) is 15.0 Å². The van der Waals surface area contributed by atoms with Crippen molar-refractivity contribution in [3.8, 4) is 0 Å². The maximum atomic E-state index is 12.5. The van der Waals surface area contributed by atoms with Crippen LogP contribution in [0.4, 0.5) is 5.13 Å². The fourth-order valence-corrected chi connectivity index (χ4v) is 5.15. The molecule has 3 rings (SSSR count). The van der Waals surface area contributed by atoms with Crippen LogP contribution in [0.5, 0.6) is 0 Å². The van der Waals surface area contributed by atoms with Crippen LogP contribution in [0.1, 0.15) is 48.1 Å². The van der Waals surface area contributed by atoms with Gasteiger partial charge in [-0.2, -0.15) is 0 Å². The molecule has 27 heavy (non-hydrogen) atoms. The molecule has 1 aromatic heterocycles. The zero-order chi connectivity index (χ0) is 19.6. The summed E-state index contributed by atoms with van der Waals surface area (Å²) in [5.41, 5.74) is 1.49. The van der Waals surface area contributed by atoms with Crippen molar-refractivity contribution in [3.05, 3.63) is 40.4 Å². The fraction of sp³-hybridized carbons (Fsp3) is 0.474. The highest BCUT2D eigenvalue weighted by Crippen LogP contribution is 2.28. The van der Waals surface area contributed by atoms with Gasteiger partial charge in [0.25, 0.3) is 5.91 Å². The lowest BCUT2D eigenvalue weighted by Gasteiger charge is -2.24. The molecule has 0 fully saturated rings. The van der Waals surface area contributed by atoms with Gasteiger partial charge >= 0.3 is 0 Å². The number of amides is 1. The first-order valence-corrected chi connectivity index (χ1v) is 11.5. The van der Waals surface area contributed by atoms with E-state index >= 15 is 0 Å². The van der Waals surface area contributed by atoms with Crippen molar-refractivity contribution in [3.63, 3.8) is 0 Å². The number of hydrogen-bond acceptors (Lipinski definition) is 6.